The minimum Gasteiger partial charge on any atom is -0.508 e. The maximum absolute atomic E-state index is 10.6. The van der Waals surface area contributed by atoms with Gasteiger partial charge in [-0.2, -0.15) is 0 Å². The lowest BCUT2D eigenvalue weighted by molar-refractivity contribution is -0.139. The fraction of sp³-hybridized carbons (Fsp3) is 0.364. The SMILES string of the molecule is COc1ccc(O)c(CN[C@@H](C)C(=O)O)c1. The topological polar surface area (TPSA) is 78.8 Å². The maximum atomic E-state index is 10.6. The van der Waals surface area contributed by atoms with Gasteiger partial charge in [-0.15, -0.1) is 0 Å². The highest BCUT2D eigenvalue weighted by Gasteiger charge is 2.11. The zero-order valence-corrected chi connectivity index (χ0v) is 9.23. The predicted molar refractivity (Wildman–Crippen MR) is 58.6 cm³/mol. The lowest BCUT2D eigenvalue weighted by Gasteiger charge is -2.11. The molecule has 1 rings (SSSR count). The molecule has 0 saturated carbocycles. The molecular formula is C11H15NO4. The Morgan fingerprint density at radius 2 is 2.25 bits per heavy atom. The monoisotopic (exact) mass is 225 g/mol. The standard InChI is InChI=1S/C11H15NO4/c1-7(11(14)15)12-6-8-5-9(16-2)3-4-10(8)13/h3-5,7,12-13H,6H2,1-2H3,(H,14,15)/t7-/m0/s1. The summed E-state index contributed by atoms with van der Waals surface area (Å²) in [5, 5.41) is 21.0. The van der Waals surface area contributed by atoms with Crippen LogP contribution in [0, 0.1) is 0 Å². The van der Waals surface area contributed by atoms with Gasteiger partial charge in [0.05, 0.1) is 7.11 Å². The molecule has 5 nitrogen and oxygen atoms in total. The Kier molecular flexibility index (Phi) is 4.13. The first-order valence-corrected chi connectivity index (χ1v) is 4.86. The summed E-state index contributed by atoms with van der Waals surface area (Å²) in [5.74, 6) is -0.189. The average molecular weight is 225 g/mol. The van der Waals surface area contributed by atoms with Crippen molar-refractivity contribution in [2.75, 3.05) is 7.11 Å². The van der Waals surface area contributed by atoms with Gasteiger partial charge in [0, 0.05) is 12.1 Å². The molecule has 0 amide bonds. The second-order valence-electron chi connectivity index (χ2n) is 3.44. The Hall–Kier alpha value is -1.75. The number of rotatable bonds is 5. The Balaban J connectivity index is 2.69. The summed E-state index contributed by atoms with van der Waals surface area (Å²) < 4.78 is 5.01. The van der Waals surface area contributed by atoms with Gasteiger partial charge in [0.25, 0.3) is 0 Å². The van der Waals surface area contributed by atoms with E-state index in [0.29, 0.717) is 11.3 Å². The van der Waals surface area contributed by atoms with E-state index in [4.69, 9.17) is 9.84 Å². The molecule has 0 saturated heterocycles. The first-order valence-electron chi connectivity index (χ1n) is 4.86. The number of ether oxygens (including phenoxy) is 1. The summed E-state index contributed by atoms with van der Waals surface area (Å²) in [6.07, 6.45) is 0. The number of carboxylic acids is 1. The predicted octanol–water partition coefficient (Wildman–Crippen LogP) is 0.964. The van der Waals surface area contributed by atoms with Crippen LogP contribution in [0.4, 0.5) is 0 Å². The number of hydrogen-bond donors (Lipinski definition) is 3. The lowest BCUT2D eigenvalue weighted by Crippen LogP contribution is -2.33. The largest absolute Gasteiger partial charge is 0.508 e. The third-order valence-corrected chi connectivity index (χ3v) is 2.26. The fourth-order valence-corrected chi connectivity index (χ4v) is 1.18. The Morgan fingerprint density at radius 1 is 1.56 bits per heavy atom. The fourth-order valence-electron chi connectivity index (χ4n) is 1.18. The highest BCUT2D eigenvalue weighted by Crippen LogP contribution is 2.22. The highest BCUT2D eigenvalue weighted by atomic mass is 16.5. The molecule has 0 spiro atoms. The number of carboxylic acid groups (broad SMARTS) is 1. The van der Waals surface area contributed by atoms with E-state index in [2.05, 4.69) is 5.32 Å². The van der Waals surface area contributed by atoms with Crippen LogP contribution in [0.3, 0.4) is 0 Å². The van der Waals surface area contributed by atoms with Gasteiger partial charge in [0.2, 0.25) is 0 Å². The normalized spacial score (nSPS) is 12.1. The van der Waals surface area contributed by atoms with E-state index in [0.717, 1.165) is 0 Å². The quantitative estimate of drug-likeness (QED) is 0.695. The zero-order chi connectivity index (χ0) is 12.1. The minimum absolute atomic E-state index is 0.117. The van der Waals surface area contributed by atoms with E-state index in [9.17, 15) is 9.90 Å². The molecule has 3 N–H and O–H groups in total. The Labute approximate surface area is 93.7 Å². The van der Waals surface area contributed by atoms with Crippen LogP contribution in [-0.4, -0.2) is 29.3 Å². The Bertz CT molecular complexity index is 378. The van der Waals surface area contributed by atoms with Crippen LogP contribution in [0.25, 0.3) is 0 Å². The van der Waals surface area contributed by atoms with Gasteiger partial charge < -0.3 is 20.3 Å². The second-order valence-corrected chi connectivity index (χ2v) is 3.44. The number of benzene rings is 1. The van der Waals surface area contributed by atoms with Crippen LogP contribution in [0.5, 0.6) is 11.5 Å². The highest BCUT2D eigenvalue weighted by molar-refractivity contribution is 5.72. The summed E-state index contributed by atoms with van der Waals surface area (Å²) >= 11 is 0. The third-order valence-electron chi connectivity index (χ3n) is 2.26. The number of aromatic hydroxyl groups is 1. The van der Waals surface area contributed by atoms with Crippen LogP contribution >= 0.6 is 0 Å². The molecule has 0 aliphatic rings. The Morgan fingerprint density at radius 3 is 2.81 bits per heavy atom. The van der Waals surface area contributed by atoms with Crippen LogP contribution in [0.2, 0.25) is 0 Å². The van der Waals surface area contributed by atoms with Gasteiger partial charge in [-0.1, -0.05) is 0 Å². The van der Waals surface area contributed by atoms with E-state index >= 15 is 0 Å². The molecule has 88 valence electrons. The molecule has 1 aromatic carbocycles. The van der Waals surface area contributed by atoms with Crippen molar-refractivity contribution in [3.05, 3.63) is 23.8 Å². The molecular weight excluding hydrogens is 210 g/mol. The number of methoxy groups -OCH3 is 1. The average Bonchev–Trinajstić information content (AvgIpc) is 2.27. The number of aliphatic carboxylic acids is 1. The molecule has 1 aromatic rings. The molecule has 0 unspecified atom stereocenters. The molecule has 0 bridgehead atoms. The van der Waals surface area contributed by atoms with Crippen LogP contribution in [0.15, 0.2) is 18.2 Å². The number of phenolic OH excluding ortho intramolecular Hbond substituents is 1. The van der Waals surface area contributed by atoms with Crippen molar-refractivity contribution in [3.8, 4) is 11.5 Å². The molecule has 0 aliphatic carbocycles. The summed E-state index contributed by atoms with van der Waals surface area (Å²) in [6, 6.07) is 4.16. The van der Waals surface area contributed by atoms with Crippen LogP contribution < -0.4 is 10.1 Å². The van der Waals surface area contributed by atoms with Crippen LogP contribution in [-0.2, 0) is 11.3 Å². The number of nitrogens with one attached hydrogen (secondary N) is 1. The first-order chi connectivity index (χ1) is 7.54. The molecule has 0 aliphatic heterocycles. The summed E-state index contributed by atoms with van der Waals surface area (Å²) in [6.45, 7) is 1.82. The van der Waals surface area contributed by atoms with E-state index < -0.39 is 12.0 Å². The van der Waals surface area contributed by atoms with E-state index in [-0.39, 0.29) is 12.3 Å². The van der Waals surface area contributed by atoms with Crippen molar-refractivity contribution in [2.45, 2.75) is 19.5 Å². The lowest BCUT2D eigenvalue weighted by atomic mass is 10.2. The van der Waals surface area contributed by atoms with Gasteiger partial charge in [-0.3, -0.25) is 4.79 Å². The molecule has 0 aromatic heterocycles. The van der Waals surface area contributed by atoms with Crippen molar-refractivity contribution < 1.29 is 19.7 Å². The molecule has 0 fully saturated rings. The van der Waals surface area contributed by atoms with Crippen molar-refractivity contribution in [1.82, 2.24) is 5.32 Å². The number of phenols is 1. The molecule has 5 heteroatoms. The van der Waals surface area contributed by atoms with E-state index in [1.807, 2.05) is 0 Å². The van der Waals surface area contributed by atoms with Gasteiger partial charge >= 0.3 is 5.97 Å². The van der Waals surface area contributed by atoms with Crippen LogP contribution in [0.1, 0.15) is 12.5 Å². The van der Waals surface area contributed by atoms with Gasteiger partial charge in [0.15, 0.2) is 0 Å². The number of carbonyl (C=O) groups is 1. The van der Waals surface area contributed by atoms with Gasteiger partial charge in [-0.25, -0.2) is 0 Å². The van der Waals surface area contributed by atoms with Crippen molar-refractivity contribution >= 4 is 5.97 Å². The summed E-state index contributed by atoms with van der Waals surface area (Å²) in [5.41, 5.74) is 0.604. The molecule has 1 atom stereocenters. The maximum Gasteiger partial charge on any atom is 0.320 e. The van der Waals surface area contributed by atoms with Crippen molar-refractivity contribution in [2.24, 2.45) is 0 Å². The smallest absolute Gasteiger partial charge is 0.320 e. The minimum atomic E-state index is -0.928. The molecule has 0 heterocycles. The first kappa shape index (κ1) is 12.3. The molecule has 0 radical (unpaired) electrons. The summed E-state index contributed by atoms with van der Waals surface area (Å²) in [7, 11) is 1.53. The number of hydrogen-bond acceptors (Lipinski definition) is 4. The van der Waals surface area contributed by atoms with E-state index in [1.54, 1.807) is 19.1 Å². The van der Waals surface area contributed by atoms with E-state index in [1.165, 1.54) is 13.2 Å². The molecule has 16 heavy (non-hydrogen) atoms. The zero-order valence-electron chi connectivity index (χ0n) is 9.23. The third kappa shape index (κ3) is 3.13. The second kappa shape index (κ2) is 5.37. The van der Waals surface area contributed by atoms with Crippen molar-refractivity contribution in [3.63, 3.8) is 0 Å². The van der Waals surface area contributed by atoms with Gasteiger partial charge in [0.1, 0.15) is 17.5 Å². The van der Waals surface area contributed by atoms with Crippen molar-refractivity contribution in [1.29, 1.82) is 0 Å². The van der Waals surface area contributed by atoms with Gasteiger partial charge in [-0.05, 0) is 25.1 Å². The summed E-state index contributed by atoms with van der Waals surface area (Å²) in [4.78, 5) is 10.6.